The first-order chi connectivity index (χ1) is 17.1. The van der Waals surface area contributed by atoms with Crippen LogP contribution in [0.5, 0.6) is 0 Å². The highest BCUT2D eigenvalue weighted by molar-refractivity contribution is 5.83. The van der Waals surface area contributed by atoms with Gasteiger partial charge in [0.1, 0.15) is 49.6 Å². The van der Waals surface area contributed by atoms with E-state index in [1.807, 2.05) is 0 Å². The molecule has 1 unspecified atom stereocenters. The van der Waals surface area contributed by atoms with Gasteiger partial charge in [-0.2, -0.15) is 0 Å². The van der Waals surface area contributed by atoms with E-state index in [4.69, 9.17) is 23.7 Å². The molecule has 0 aromatic heterocycles. The molecule has 0 rings (SSSR count). The molecule has 0 aromatic rings. The quantitative estimate of drug-likeness (QED) is 0.0478. The number of ether oxygens (including phenoxy) is 5. The highest BCUT2D eigenvalue weighted by Gasteiger charge is 2.84. The first-order valence-corrected chi connectivity index (χ1v) is 10.6. The number of aliphatic hydroxyl groups is 11. The Morgan fingerprint density at radius 2 is 0.861 bits per heavy atom. The van der Waals surface area contributed by atoms with Gasteiger partial charge in [0, 0.05) is 0 Å². The lowest BCUT2D eigenvalue weighted by molar-refractivity contribution is -0.395. The predicted octanol–water partition coefficient (Wildman–Crippen LogP) is -6.70. The Kier molecular flexibility index (Phi) is 14.8. The Hall–Kier alpha value is -1.13. The van der Waals surface area contributed by atoms with Gasteiger partial charge in [-0.15, -0.1) is 0 Å². The van der Waals surface area contributed by atoms with Crippen molar-refractivity contribution in [2.75, 3.05) is 80.0 Å². The number of esters is 1. The summed E-state index contributed by atoms with van der Waals surface area (Å²) in [7, 11) is 0. The third-order valence-electron chi connectivity index (χ3n) is 6.38. The minimum Gasteiger partial charge on any atom is -0.465 e. The highest BCUT2D eigenvalue weighted by atomic mass is 16.7. The number of aliphatic hydroxyl groups excluding tert-OH is 11. The van der Waals surface area contributed by atoms with Gasteiger partial charge in [0.2, 0.25) is 0 Å². The molecule has 0 heterocycles. The van der Waals surface area contributed by atoms with Gasteiger partial charge < -0.3 is 79.9 Å². The van der Waals surface area contributed by atoms with Gasteiger partial charge in [-0.25, -0.2) is 0 Å². The van der Waals surface area contributed by atoms with Crippen molar-refractivity contribution in [3.8, 4) is 0 Å². The summed E-state index contributed by atoms with van der Waals surface area (Å²) >= 11 is 0. The van der Waals surface area contributed by atoms with E-state index in [0.717, 1.165) is 0 Å². The molecule has 36 heavy (non-hydrogen) atoms. The van der Waals surface area contributed by atoms with Crippen LogP contribution < -0.4 is 0 Å². The van der Waals surface area contributed by atoms with E-state index in [1.54, 1.807) is 0 Å². The molecule has 1 atom stereocenters. The topological polar surface area (TPSA) is 286 Å². The van der Waals surface area contributed by atoms with Crippen LogP contribution in [0.3, 0.4) is 0 Å². The summed E-state index contributed by atoms with van der Waals surface area (Å²) in [6, 6.07) is 0. The first-order valence-electron chi connectivity index (χ1n) is 10.6. The van der Waals surface area contributed by atoms with Gasteiger partial charge in [0.05, 0.1) is 52.9 Å². The maximum Gasteiger partial charge on any atom is 0.321 e. The van der Waals surface area contributed by atoms with Crippen LogP contribution in [-0.4, -0.2) is 165 Å². The summed E-state index contributed by atoms with van der Waals surface area (Å²) in [5.41, 5.74) is -15.8. The van der Waals surface area contributed by atoms with Crippen LogP contribution in [0.4, 0.5) is 0 Å². The molecule has 0 aliphatic rings. The molecular weight excluding hydrogens is 500 g/mol. The van der Waals surface area contributed by atoms with Gasteiger partial charge in [-0.1, -0.05) is 0 Å². The molecule has 0 radical (unpaired) electrons. The van der Waals surface area contributed by atoms with Crippen LogP contribution in [0, 0.1) is 5.41 Å². The van der Waals surface area contributed by atoms with Crippen molar-refractivity contribution in [2.45, 2.75) is 29.3 Å². The molecule has 216 valence electrons. The van der Waals surface area contributed by atoms with Gasteiger partial charge in [0.25, 0.3) is 0 Å². The fraction of sp³-hybridized carbons (Fsp3) is 0.947. The van der Waals surface area contributed by atoms with Gasteiger partial charge in [-0.05, 0) is 6.92 Å². The largest absolute Gasteiger partial charge is 0.465 e. The van der Waals surface area contributed by atoms with Gasteiger partial charge >= 0.3 is 5.97 Å². The molecule has 0 fully saturated rings. The Labute approximate surface area is 206 Å². The normalized spacial score (nSPS) is 15.1. The number of rotatable bonds is 21. The second kappa shape index (κ2) is 15.3. The van der Waals surface area contributed by atoms with Crippen molar-refractivity contribution < 1.29 is 84.7 Å². The third kappa shape index (κ3) is 5.10. The minimum absolute atomic E-state index is 0.508. The third-order valence-corrected chi connectivity index (χ3v) is 6.38. The molecule has 0 aromatic carbocycles. The first kappa shape index (κ1) is 34.9. The zero-order chi connectivity index (χ0) is 28.1. The molecule has 0 aliphatic carbocycles. The fourth-order valence-corrected chi connectivity index (χ4v) is 4.78. The summed E-state index contributed by atoms with van der Waals surface area (Å²) in [4.78, 5) is 14.0. The lowest BCUT2D eigenvalue weighted by Gasteiger charge is -2.64. The van der Waals surface area contributed by atoms with Crippen LogP contribution in [0.15, 0.2) is 0 Å². The average molecular weight is 538 g/mol. The van der Waals surface area contributed by atoms with Crippen molar-refractivity contribution in [3.05, 3.63) is 0 Å². The van der Waals surface area contributed by atoms with Crippen molar-refractivity contribution in [1.29, 1.82) is 0 Å². The summed E-state index contributed by atoms with van der Waals surface area (Å²) < 4.78 is 25.8. The molecule has 17 heteroatoms. The van der Waals surface area contributed by atoms with E-state index in [-0.39, 0.29) is 0 Å². The lowest BCUT2D eigenvalue weighted by Crippen LogP contribution is -2.88. The van der Waals surface area contributed by atoms with Gasteiger partial charge in [0.15, 0.2) is 5.41 Å². The van der Waals surface area contributed by atoms with Crippen LogP contribution in [0.25, 0.3) is 0 Å². The van der Waals surface area contributed by atoms with Crippen LogP contribution in [0.1, 0.15) is 6.92 Å². The van der Waals surface area contributed by atoms with E-state index >= 15 is 0 Å². The molecule has 0 bridgehead atoms. The SMILES string of the molecule is CCOC(=O)C(C(CO)(CO)OCO)(C(CO)(CO)OCO)C(CO)(OCO)C(CO)(CO)OCO. The summed E-state index contributed by atoms with van der Waals surface area (Å²) in [6.45, 7) is -15.5. The van der Waals surface area contributed by atoms with E-state index in [2.05, 4.69) is 0 Å². The van der Waals surface area contributed by atoms with Crippen molar-refractivity contribution in [2.24, 2.45) is 5.41 Å². The number of carbonyl (C=O) groups excluding carboxylic acids is 1. The smallest absolute Gasteiger partial charge is 0.321 e. The van der Waals surface area contributed by atoms with E-state index in [1.165, 1.54) is 6.92 Å². The Morgan fingerprint density at radius 3 is 1.11 bits per heavy atom. The zero-order valence-electron chi connectivity index (χ0n) is 19.9. The highest BCUT2D eigenvalue weighted by Crippen LogP contribution is 2.59. The van der Waals surface area contributed by atoms with E-state index < -0.39 is 114 Å². The van der Waals surface area contributed by atoms with Crippen LogP contribution in [-0.2, 0) is 28.5 Å². The van der Waals surface area contributed by atoms with Crippen LogP contribution >= 0.6 is 0 Å². The predicted molar refractivity (Wildman–Crippen MR) is 112 cm³/mol. The summed E-state index contributed by atoms with van der Waals surface area (Å²) in [5.74, 6) is -1.74. The maximum absolute atomic E-state index is 14.0. The van der Waals surface area contributed by atoms with Crippen LogP contribution in [0.2, 0.25) is 0 Å². The molecule has 0 spiro atoms. The van der Waals surface area contributed by atoms with Crippen molar-refractivity contribution >= 4 is 5.97 Å². The van der Waals surface area contributed by atoms with E-state index in [0.29, 0.717) is 0 Å². The Balaban J connectivity index is 8.70. The summed E-state index contributed by atoms with van der Waals surface area (Å²) in [6.07, 6.45) is 0. The van der Waals surface area contributed by atoms with Gasteiger partial charge in [-0.3, -0.25) is 4.79 Å². The monoisotopic (exact) mass is 538 g/mol. The molecule has 0 saturated heterocycles. The maximum atomic E-state index is 14.0. The standard InChI is InChI=1S/C19H38O17/c1-2-32-14(31)19(16(5-22,6-23)34-11-28,17(7-24,8-25)35-12-29)18(9-26,36-13-30)15(3-20,4-21)33-10-27/h20-30H,2-13H2,1H3. The zero-order valence-corrected chi connectivity index (χ0v) is 19.9. The second-order valence-corrected chi connectivity index (χ2v) is 7.48. The fourth-order valence-electron chi connectivity index (χ4n) is 4.78. The Morgan fingerprint density at radius 1 is 0.528 bits per heavy atom. The molecule has 17 nitrogen and oxygen atoms in total. The molecule has 0 amide bonds. The molecule has 0 aliphatic heterocycles. The minimum atomic E-state index is -3.47. The average Bonchev–Trinajstić information content (AvgIpc) is 2.90. The number of hydrogen-bond donors (Lipinski definition) is 11. The van der Waals surface area contributed by atoms with Crippen molar-refractivity contribution in [1.82, 2.24) is 0 Å². The molecule has 0 saturated carbocycles. The Bertz CT molecular complexity index is 597. The number of hydrogen-bond acceptors (Lipinski definition) is 17. The summed E-state index contributed by atoms with van der Waals surface area (Å²) in [5, 5.41) is 112. The second-order valence-electron chi connectivity index (χ2n) is 7.48. The van der Waals surface area contributed by atoms with E-state index in [9.17, 15) is 61.0 Å². The molecular formula is C19H38O17. The number of carbonyl (C=O) groups is 1. The van der Waals surface area contributed by atoms with Crippen molar-refractivity contribution in [3.63, 3.8) is 0 Å². The lowest BCUT2D eigenvalue weighted by atomic mass is 9.48. The molecule has 11 N–H and O–H groups in total.